The Morgan fingerprint density at radius 1 is 1.80 bits per heavy atom. The zero-order valence-electron chi connectivity index (χ0n) is 6.25. The summed E-state index contributed by atoms with van der Waals surface area (Å²) in [6, 6.07) is 0.432. The van der Waals surface area contributed by atoms with E-state index < -0.39 is 0 Å². The van der Waals surface area contributed by atoms with E-state index in [4.69, 9.17) is 9.84 Å². The van der Waals surface area contributed by atoms with E-state index in [1.807, 2.05) is 11.8 Å². The molecule has 0 aromatic carbocycles. The van der Waals surface area contributed by atoms with Gasteiger partial charge in [-0.2, -0.15) is 0 Å². The number of rotatable bonds is 3. The van der Waals surface area contributed by atoms with E-state index in [0.29, 0.717) is 6.00 Å². The Kier molecular flexibility index (Phi) is 3.59. The Bertz CT molecular complexity index is 102. The van der Waals surface area contributed by atoms with Crippen LogP contribution in [0.25, 0.3) is 0 Å². The molecule has 0 radical (unpaired) electrons. The highest BCUT2D eigenvalue weighted by Gasteiger charge is 2.23. The summed E-state index contributed by atoms with van der Waals surface area (Å²) in [5.41, 5.74) is 0.259. The van der Waals surface area contributed by atoms with Gasteiger partial charge in [0.05, 0.1) is 0 Å². The van der Waals surface area contributed by atoms with Gasteiger partial charge in [-0.25, -0.2) is 0 Å². The van der Waals surface area contributed by atoms with Gasteiger partial charge in [-0.15, -0.1) is 11.8 Å². The number of hydrogen-bond acceptors (Lipinski definition) is 3. The lowest BCUT2D eigenvalue weighted by atomic mass is 9.76. The molecule has 1 saturated heterocycles. The summed E-state index contributed by atoms with van der Waals surface area (Å²) in [7, 11) is 1.09. The number of aliphatic hydroxyl groups excluding tert-OH is 1. The highest BCUT2D eigenvalue weighted by atomic mass is 32.2. The largest absolute Gasteiger partial charge is 0.396 e. The van der Waals surface area contributed by atoms with Crippen LogP contribution in [0.15, 0.2) is 0 Å². The fraction of sp³-hybridized carbons (Fsp3) is 1.00. The molecule has 2 nitrogen and oxygen atoms in total. The van der Waals surface area contributed by atoms with Crippen LogP contribution in [0, 0.1) is 0 Å². The molecule has 1 aliphatic heterocycles. The van der Waals surface area contributed by atoms with Crippen LogP contribution >= 0.6 is 11.8 Å². The van der Waals surface area contributed by atoms with Crippen molar-refractivity contribution in [1.82, 2.24) is 0 Å². The van der Waals surface area contributed by atoms with Crippen molar-refractivity contribution in [2.75, 3.05) is 12.4 Å². The number of aliphatic hydroxyl groups is 1. The molecule has 1 N–H and O–H groups in total. The molecule has 0 bridgehead atoms. The van der Waals surface area contributed by atoms with E-state index in [2.05, 4.69) is 6.82 Å². The maximum absolute atomic E-state index is 8.59. The van der Waals surface area contributed by atoms with Crippen molar-refractivity contribution in [2.45, 2.75) is 24.7 Å². The third kappa shape index (κ3) is 2.18. The maximum atomic E-state index is 8.59. The Balaban J connectivity index is 2.15. The number of hydrogen-bond donors (Lipinski definition) is 1. The highest BCUT2D eigenvalue weighted by molar-refractivity contribution is 8.00. The van der Waals surface area contributed by atoms with Crippen molar-refractivity contribution in [1.29, 1.82) is 0 Å². The van der Waals surface area contributed by atoms with Gasteiger partial charge in [0.1, 0.15) is 5.44 Å². The molecular formula is C6H13BO2S. The molecular weight excluding hydrogens is 147 g/mol. The molecule has 0 amide bonds. The van der Waals surface area contributed by atoms with Gasteiger partial charge in [0.15, 0.2) is 7.28 Å². The Morgan fingerprint density at radius 2 is 2.60 bits per heavy atom. The van der Waals surface area contributed by atoms with Crippen molar-refractivity contribution in [3.63, 3.8) is 0 Å². The van der Waals surface area contributed by atoms with Gasteiger partial charge in [0.2, 0.25) is 0 Å². The fourth-order valence-electron chi connectivity index (χ4n) is 0.979. The standard InChI is InChI=1S/C6H13BO2S/c1-7-5-4-10-6(9-5)2-3-8/h5-8H,2-4H2,1H3/t5-,6+/m1/s1. The lowest BCUT2D eigenvalue weighted by Gasteiger charge is -2.08. The lowest BCUT2D eigenvalue weighted by Crippen LogP contribution is -2.17. The van der Waals surface area contributed by atoms with E-state index in [1.165, 1.54) is 0 Å². The van der Waals surface area contributed by atoms with Gasteiger partial charge in [0.25, 0.3) is 0 Å². The second kappa shape index (κ2) is 4.26. The molecule has 1 heterocycles. The maximum Gasteiger partial charge on any atom is 0.155 e. The van der Waals surface area contributed by atoms with E-state index in [-0.39, 0.29) is 12.0 Å². The van der Waals surface area contributed by atoms with Crippen molar-refractivity contribution < 1.29 is 9.84 Å². The van der Waals surface area contributed by atoms with Crippen LogP contribution in [-0.2, 0) is 4.74 Å². The van der Waals surface area contributed by atoms with Crippen LogP contribution in [0.2, 0.25) is 6.82 Å². The molecule has 0 saturated carbocycles. The van der Waals surface area contributed by atoms with Gasteiger partial charge in [-0.1, -0.05) is 6.82 Å². The van der Waals surface area contributed by atoms with Gasteiger partial charge in [-0.3, -0.25) is 0 Å². The molecule has 2 atom stereocenters. The third-order valence-electron chi connectivity index (χ3n) is 1.63. The van der Waals surface area contributed by atoms with E-state index >= 15 is 0 Å². The van der Waals surface area contributed by atoms with Gasteiger partial charge >= 0.3 is 0 Å². The van der Waals surface area contributed by atoms with Crippen molar-refractivity contribution >= 4 is 19.0 Å². The zero-order valence-corrected chi connectivity index (χ0v) is 7.06. The van der Waals surface area contributed by atoms with Crippen LogP contribution in [0.1, 0.15) is 6.42 Å². The minimum atomic E-state index is 0.244. The summed E-state index contributed by atoms with van der Waals surface area (Å²) < 4.78 is 5.55. The fourth-order valence-corrected chi connectivity index (χ4v) is 2.23. The average molecular weight is 160 g/mol. The average Bonchev–Trinajstić information content (AvgIpc) is 2.37. The summed E-state index contributed by atoms with van der Waals surface area (Å²) in [6.45, 7) is 2.38. The topological polar surface area (TPSA) is 29.5 Å². The van der Waals surface area contributed by atoms with Crippen LogP contribution in [-0.4, -0.2) is 36.2 Å². The van der Waals surface area contributed by atoms with Crippen LogP contribution in [0.4, 0.5) is 0 Å². The van der Waals surface area contributed by atoms with E-state index in [0.717, 1.165) is 19.5 Å². The number of thioether (sulfide) groups is 1. The summed E-state index contributed by atoms with van der Waals surface area (Å²) >= 11 is 1.82. The number of ether oxygens (including phenoxy) is 1. The van der Waals surface area contributed by atoms with E-state index in [1.54, 1.807) is 0 Å². The molecule has 10 heavy (non-hydrogen) atoms. The molecule has 1 aliphatic rings. The predicted molar refractivity (Wildman–Crippen MR) is 45.8 cm³/mol. The smallest absolute Gasteiger partial charge is 0.155 e. The SMILES string of the molecule is CB[C@H]1CS[C@@H](CCO)O1. The first-order valence-corrected chi connectivity index (χ1v) is 4.79. The van der Waals surface area contributed by atoms with Crippen molar-refractivity contribution in [2.24, 2.45) is 0 Å². The first-order valence-electron chi connectivity index (χ1n) is 3.74. The molecule has 4 heteroatoms. The highest BCUT2D eigenvalue weighted by Crippen LogP contribution is 2.26. The minimum Gasteiger partial charge on any atom is -0.396 e. The lowest BCUT2D eigenvalue weighted by molar-refractivity contribution is 0.0946. The Hall–Kier alpha value is 0.335. The summed E-state index contributed by atoms with van der Waals surface area (Å²) in [4.78, 5) is 0. The zero-order chi connectivity index (χ0) is 7.40. The second-order valence-corrected chi connectivity index (χ2v) is 3.63. The quantitative estimate of drug-likeness (QED) is 0.601. The summed E-state index contributed by atoms with van der Waals surface area (Å²) in [5.74, 6) is 1.10. The molecule has 0 aliphatic carbocycles. The van der Waals surface area contributed by atoms with Gasteiger partial charge in [-0.05, 0) is 0 Å². The molecule has 0 unspecified atom stereocenters. The molecule has 0 spiro atoms. The molecule has 0 aromatic rings. The monoisotopic (exact) mass is 160 g/mol. The normalized spacial score (nSPS) is 32.6. The van der Waals surface area contributed by atoms with E-state index in [9.17, 15) is 0 Å². The van der Waals surface area contributed by atoms with Crippen molar-refractivity contribution in [3.05, 3.63) is 0 Å². The minimum absolute atomic E-state index is 0.244. The first-order chi connectivity index (χ1) is 4.86. The molecule has 1 rings (SSSR count). The molecule has 0 aromatic heterocycles. The molecule has 58 valence electrons. The summed E-state index contributed by atoms with van der Waals surface area (Å²) in [6.07, 6.45) is 0.779. The second-order valence-electron chi connectivity index (χ2n) is 2.44. The Morgan fingerprint density at radius 3 is 3.10 bits per heavy atom. The first kappa shape index (κ1) is 8.43. The van der Waals surface area contributed by atoms with Crippen LogP contribution in [0.3, 0.4) is 0 Å². The van der Waals surface area contributed by atoms with Crippen LogP contribution in [0.5, 0.6) is 0 Å². The van der Waals surface area contributed by atoms with Crippen molar-refractivity contribution in [3.8, 4) is 0 Å². The predicted octanol–water partition coefficient (Wildman–Crippen LogP) is 0.269. The Labute approximate surface area is 66.6 Å². The molecule has 1 fully saturated rings. The van der Waals surface area contributed by atoms with Crippen LogP contribution < -0.4 is 0 Å². The summed E-state index contributed by atoms with van der Waals surface area (Å²) in [5, 5.41) is 8.59. The third-order valence-corrected chi connectivity index (χ3v) is 2.92. The van der Waals surface area contributed by atoms with Gasteiger partial charge < -0.3 is 9.84 Å². The van der Waals surface area contributed by atoms with Gasteiger partial charge in [0, 0.05) is 24.8 Å².